The minimum atomic E-state index is -4.39. The molecule has 0 aliphatic rings. The van der Waals surface area contributed by atoms with Crippen LogP contribution in [0.1, 0.15) is 16.1 Å². The molecule has 0 fully saturated rings. The van der Waals surface area contributed by atoms with Crippen LogP contribution in [0.15, 0.2) is 83.9 Å². The van der Waals surface area contributed by atoms with Crippen LogP contribution in [0, 0.1) is 0 Å². The van der Waals surface area contributed by atoms with E-state index in [1.807, 2.05) is 6.07 Å². The van der Waals surface area contributed by atoms with Gasteiger partial charge in [0, 0.05) is 27.2 Å². The summed E-state index contributed by atoms with van der Waals surface area (Å²) in [5.74, 6) is -1.76. The second-order valence-electron chi connectivity index (χ2n) is 7.69. The number of anilines is 1. The number of carboxylic acids is 1. The van der Waals surface area contributed by atoms with Crippen LogP contribution in [0.5, 0.6) is 0 Å². The third kappa shape index (κ3) is 5.43. The quantitative estimate of drug-likeness (QED) is 0.331. The molecule has 1 amide bonds. The molecule has 0 spiro atoms. The lowest BCUT2D eigenvalue weighted by Gasteiger charge is -2.25. The molecule has 2 N–H and O–H groups in total. The largest absolute Gasteiger partial charge is 0.480 e. The number of halogens is 2. The topological polar surface area (TPSA) is 117 Å². The van der Waals surface area contributed by atoms with Crippen molar-refractivity contribution in [3.8, 4) is 0 Å². The number of aromatic nitrogens is 1. The smallest absolute Gasteiger partial charge is 0.324 e. The summed E-state index contributed by atoms with van der Waals surface area (Å²) in [5, 5.41) is 13.3. The summed E-state index contributed by atoms with van der Waals surface area (Å²) in [5.41, 5.74) is 1.06. The number of amides is 1. The number of hydrogen-bond donors (Lipinski definition) is 2. The van der Waals surface area contributed by atoms with Crippen molar-refractivity contribution < 1.29 is 23.1 Å². The van der Waals surface area contributed by atoms with Gasteiger partial charge in [-0.25, -0.2) is 8.42 Å². The Balaban J connectivity index is 1.79. The number of pyridine rings is 1. The van der Waals surface area contributed by atoms with Gasteiger partial charge in [0.1, 0.15) is 6.54 Å². The van der Waals surface area contributed by atoms with Crippen molar-refractivity contribution in [2.24, 2.45) is 0 Å². The molecule has 0 bridgehead atoms. The van der Waals surface area contributed by atoms with Crippen LogP contribution < -0.4 is 9.62 Å². The van der Waals surface area contributed by atoms with Crippen LogP contribution in [0.3, 0.4) is 0 Å². The molecule has 0 unspecified atom stereocenters. The van der Waals surface area contributed by atoms with Crippen molar-refractivity contribution in [1.29, 1.82) is 0 Å². The van der Waals surface area contributed by atoms with Gasteiger partial charge in [0.2, 0.25) is 0 Å². The Hall–Kier alpha value is -3.66. The Bertz CT molecular complexity index is 1540. The molecule has 0 saturated carbocycles. The summed E-state index contributed by atoms with van der Waals surface area (Å²) >= 11 is 12.0. The van der Waals surface area contributed by atoms with Crippen LogP contribution in [-0.2, 0) is 21.4 Å². The summed E-state index contributed by atoms with van der Waals surface area (Å²) in [6.45, 7) is -0.660. The minimum absolute atomic E-state index is 0.0844. The highest BCUT2D eigenvalue weighted by Crippen LogP contribution is 2.34. The van der Waals surface area contributed by atoms with Gasteiger partial charge in [-0.2, -0.15) is 0 Å². The first-order valence-corrected chi connectivity index (χ1v) is 12.8. The van der Waals surface area contributed by atoms with Gasteiger partial charge < -0.3 is 10.4 Å². The zero-order chi connectivity index (χ0) is 25.9. The SMILES string of the molecule is O=C(O)CN(c1cccc2c(C(=O)NCc3ccccn3)cccc12)S(=O)(=O)c1cc(Cl)cc(Cl)c1. The lowest BCUT2D eigenvalue weighted by Crippen LogP contribution is -2.36. The number of benzene rings is 3. The monoisotopic (exact) mass is 543 g/mol. The molecule has 1 aromatic heterocycles. The molecular weight excluding hydrogens is 525 g/mol. The number of aliphatic carboxylic acids is 1. The Morgan fingerprint density at radius 3 is 2.28 bits per heavy atom. The second-order valence-corrected chi connectivity index (χ2v) is 10.4. The van der Waals surface area contributed by atoms with Crippen LogP contribution in [-0.4, -0.2) is 36.9 Å². The predicted octanol–water partition coefficient (Wildman–Crippen LogP) is 4.75. The number of carboxylic acid groups (broad SMARTS) is 1. The number of nitrogens with one attached hydrogen (secondary N) is 1. The van der Waals surface area contributed by atoms with Gasteiger partial charge in [0.05, 0.1) is 22.8 Å². The first kappa shape index (κ1) is 25.4. The van der Waals surface area contributed by atoms with E-state index in [4.69, 9.17) is 23.2 Å². The molecule has 0 saturated heterocycles. The van der Waals surface area contributed by atoms with E-state index in [0.717, 1.165) is 4.31 Å². The molecule has 0 aliphatic carbocycles. The predicted molar refractivity (Wildman–Crippen MR) is 138 cm³/mol. The molecule has 3 aromatic carbocycles. The normalized spacial score (nSPS) is 11.3. The molecule has 4 aromatic rings. The first-order chi connectivity index (χ1) is 17.2. The summed E-state index contributed by atoms with van der Waals surface area (Å²) in [4.78, 5) is 28.6. The van der Waals surface area contributed by atoms with E-state index in [9.17, 15) is 23.1 Å². The molecule has 0 atom stereocenters. The van der Waals surface area contributed by atoms with Crippen LogP contribution in [0.2, 0.25) is 10.0 Å². The maximum Gasteiger partial charge on any atom is 0.324 e. The van der Waals surface area contributed by atoms with Gasteiger partial charge in [-0.1, -0.05) is 53.5 Å². The molecule has 0 aliphatic heterocycles. The highest BCUT2D eigenvalue weighted by Gasteiger charge is 2.29. The number of sulfonamides is 1. The Kier molecular flexibility index (Phi) is 7.44. The van der Waals surface area contributed by atoms with Gasteiger partial charge in [0.15, 0.2) is 0 Å². The zero-order valence-corrected chi connectivity index (χ0v) is 20.9. The third-order valence-corrected chi connectivity index (χ3v) is 7.45. The van der Waals surface area contributed by atoms with Crippen molar-refractivity contribution in [3.63, 3.8) is 0 Å². The van der Waals surface area contributed by atoms with Gasteiger partial charge >= 0.3 is 5.97 Å². The van der Waals surface area contributed by atoms with Gasteiger partial charge in [-0.05, 0) is 47.9 Å². The number of hydrogen-bond acceptors (Lipinski definition) is 5. The number of carbonyl (C=O) groups excluding carboxylic acids is 1. The van der Waals surface area contributed by atoms with Crippen molar-refractivity contribution in [2.75, 3.05) is 10.8 Å². The fraction of sp³-hybridized carbons (Fsp3) is 0.0800. The highest BCUT2D eigenvalue weighted by atomic mass is 35.5. The standard InChI is InChI=1S/C25H19Cl2N3O5S/c26-16-11-17(27)13-19(12-16)36(34,35)30(15-24(31)32)23-9-4-6-20-21(23)7-3-8-22(20)25(33)29-14-18-5-1-2-10-28-18/h1-13H,14-15H2,(H,29,33)(H,31,32). The first-order valence-electron chi connectivity index (χ1n) is 10.6. The molecule has 1 heterocycles. The van der Waals surface area contributed by atoms with E-state index in [1.165, 1.54) is 24.3 Å². The van der Waals surface area contributed by atoms with Crippen molar-refractivity contribution in [1.82, 2.24) is 10.3 Å². The van der Waals surface area contributed by atoms with Crippen molar-refractivity contribution >= 4 is 61.6 Å². The summed E-state index contributed by atoms with van der Waals surface area (Å²) in [6.07, 6.45) is 1.62. The van der Waals surface area contributed by atoms with Crippen LogP contribution in [0.4, 0.5) is 5.69 Å². The minimum Gasteiger partial charge on any atom is -0.480 e. The van der Waals surface area contributed by atoms with Gasteiger partial charge in [0.25, 0.3) is 15.9 Å². The van der Waals surface area contributed by atoms with Crippen molar-refractivity contribution in [3.05, 3.63) is 100 Å². The summed E-state index contributed by atoms with van der Waals surface area (Å²) in [7, 11) is -4.39. The molecule has 0 radical (unpaired) electrons. The van der Waals surface area contributed by atoms with E-state index in [-0.39, 0.29) is 27.2 Å². The van der Waals surface area contributed by atoms with E-state index in [1.54, 1.807) is 48.7 Å². The van der Waals surface area contributed by atoms with Gasteiger partial charge in [-0.15, -0.1) is 0 Å². The molecule has 184 valence electrons. The highest BCUT2D eigenvalue weighted by molar-refractivity contribution is 7.92. The van der Waals surface area contributed by atoms with Gasteiger partial charge in [-0.3, -0.25) is 18.9 Å². The number of fused-ring (bicyclic) bond motifs is 1. The fourth-order valence-electron chi connectivity index (χ4n) is 3.70. The number of nitrogens with zero attached hydrogens (tertiary/aromatic N) is 2. The Morgan fingerprint density at radius 2 is 1.61 bits per heavy atom. The third-order valence-electron chi connectivity index (χ3n) is 5.27. The molecule has 36 heavy (non-hydrogen) atoms. The maximum atomic E-state index is 13.6. The lowest BCUT2D eigenvalue weighted by atomic mass is 10.0. The lowest BCUT2D eigenvalue weighted by molar-refractivity contribution is -0.135. The molecule has 4 rings (SSSR count). The summed E-state index contributed by atoms with van der Waals surface area (Å²) < 4.78 is 27.9. The fourth-order valence-corrected chi connectivity index (χ4v) is 5.87. The Labute approximate surface area is 217 Å². The maximum absolute atomic E-state index is 13.6. The van der Waals surface area contributed by atoms with Crippen LogP contribution in [0.25, 0.3) is 10.8 Å². The zero-order valence-electron chi connectivity index (χ0n) is 18.6. The average Bonchev–Trinajstić information content (AvgIpc) is 2.85. The second kappa shape index (κ2) is 10.5. The molecular formula is C25H19Cl2N3O5S. The molecule has 11 heteroatoms. The Morgan fingerprint density at radius 1 is 0.917 bits per heavy atom. The number of rotatable bonds is 8. The molecule has 8 nitrogen and oxygen atoms in total. The average molecular weight is 544 g/mol. The van der Waals surface area contributed by atoms with E-state index >= 15 is 0 Å². The van der Waals surface area contributed by atoms with E-state index in [2.05, 4.69) is 10.3 Å². The van der Waals surface area contributed by atoms with E-state index in [0.29, 0.717) is 22.0 Å². The number of carbonyl (C=O) groups is 2. The van der Waals surface area contributed by atoms with Crippen molar-refractivity contribution in [2.45, 2.75) is 11.4 Å². The van der Waals surface area contributed by atoms with E-state index < -0.39 is 28.4 Å². The summed E-state index contributed by atoms with van der Waals surface area (Å²) in [6, 6.07) is 18.6. The van der Waals surface area contributed by atoms with Crippen LogP contribution >= 0.6 is 23.2 Å².